The highest BCUT2D eigenvalue weighted by Gasteiger charge is 2.37. The van der Waals surface area contributed by atoms with E-state index in [2.05, 4.69) is 20.9 Å². The molecule has 4 aromatic rings. The van der Waals surface area contributed by atoms with Crippen LogP contribution in [0.1, 0.15) is 38.5 Å². The number of hydrogen-bond donors (Lipinski definition) is 1. The Morgan fingerprint density at radius 1 is 1.16 bits per heavy atom. The lowest BCUT2D eigenvalue weighted by Gasteiger charge is -2.30. The molecule has 10 nitrogen and oxygen atoms in total. The molecule has 2 N–H and O–H groups in total. The number of amides is 1. The van der Waals surface area contributed by atoms with Crippen molar-refractivity contribution in [3.63, 3.8) is 0 Å². The van der Waals surface area contributed by atoms with Gasteiger partial charge in [0.2, 0.25) is 0 Å². The second-order valence-electron chi connectivity index (χ2n) is 12.3. The molecule has 1 saturated heterocycles. The smallest absolute Gasteiger partial charge is 0.264 e. The molecule has 1 atom stereocenters. The Balaban J connectivity index is 1.29. The van der Waals surface area contributed by atoms with Crippen LogP contribution >= 0.6 is 0 Å². The maximum Gasteiger partial charge on any atom is 0.264 e. The van der Waals surface area contributed by atoms with Crippen molar-refractivity contribution in [1.29, 1.82) is 5.26 Å². The van der Waals surface area contributed by atoms with Gasteiger partial charge in [0.1, 0.15) is 46.8 Å². The highest BCUT2D eigenvalue weighted by molar-refractivity contribution is 5.99. The van der Waals surface area contributed by atoms with Crippen LogP contribution in [0.15, 0.2) is 66.5 Å². The molecule has 11 heteroatoms. The number of nitrogens with zero attached hydrogens (tertiary/aromatic N) is 7. The van der Waals surface area contributed by atoms with Crippen molar-refractivity contribution in [3.05, 3.63) is 72.3 Å². The number of ether oxygens (including phenoxy) is 1. The molecule has 232 valence electrons. The fourth-order valence-electron chi connectivity index (χ4n) is 6.87. The topological polar surface area (TPSA) is 126 Å². The number of nitriles is 1. The summed E-state index contributed by atoms with van der Waals surface area (Å²) in [5.41, 5.74) is 7.31. The summed E-state index contributed by atoms with van der Waals surface area (Å²) in [6.07, 6.45) is 8.94. The summed E-state index contributed by atoms with van der Waals surface area (Å²) >= 11 is 0. The number of likely N-dealkylation sites (tertiary alicyclic amines) is 1. The van der Waals surface area contributed by atoms with E-state index in [0.717, 1.165) is 45.1 Å². The minimum Gasteiger partial charge on any atom is -0.457 e. The lowest BCUT2D eigenvalue weighted by Crippen LogP contribution is -2.39. The molecule has 1 amide bonds. The largest absolute Gasteiger partial charge is 0.457 e. The molecule has 2 fully saturated rings. The molecule has 0 spiro atoms. The van der Waals surface area contributed by atoms with Gasteiger partial charge in [-0.15, -0.1) is 0 Å². The van der Waals surface area contributed by atoms with E-state index in [9.17, 15) is 10.1 Å². The van der Waals surface area contributed by atoms with Gasteiger partial charge in [-0.3, -0.25) is 4.79 Å². The molecule has 1 aliphatic carbocycles. The lowest BCUT2D eigenvalue weighted by atomic mass is 9.83. The predicted molar refractivity (Wildman–Crippen MR) is 170 cm³/mol. The number of anilines is 1. The average molecular weight is 609 g/mol. The van der Waals surface area contributed by atoms with E-state index in [0.29, 0.717) is 41.3 Å². The average Bonchev–Trinajstić information content (AvgIpc) is 3.76. The molecule has 2 aliphatic rings. The Bertz CT molecular complexity index is 1770. The third-order valence-electron chi connectivity index (χ3n) is 8.79. The van der Waals surface area contributed by atoms with Gasteiger partial charge in [0.15, 0.2) is 5.65 Å². The molecule has 3 heterocycles. The first-order valence-electron chi connectivity index (χ1n) is 15.4. The number of halogens is 1. The fraction of sp³-hybridized carbons (Fsp3) is 0.382. The van der Waals surface area contributed by atoms with Crippen LogP contribution in [-0.4, -0.2) is 68.7 Å². The third-order valence-corrected chi connectivity index (χ3v) is 8.79. The summed E-state index contributed by atoms with van der Waals surface area (Å²) in [6, 6.07) is 15.7. The van der Waals surface area contributed by atoms with Crippen LogP contribution in [0.25, 0.3) is 22.3 Å². The zero-order chi connectivity index (χ0) is 31.6. The summed E-state index contributed by atoms with van der Waals surface area (Å²) in [5, 5.41) is 15.3. The van der Waals surface area contributed by atoms with Crippen LogP contribution in [0, 0.1) is 22.6 Å². The van der Waals surface area contributed by atoms with Crippen molar-refractivity contribution in [3.8, 4) is 28.8 Å². The zero-order valence-electron chi connectivity index (χ0n) is 25.6. The minimum atomic E-state index is -0.529. The fourth-order valence-corrected chi connectivity index (χ4v) is 6.87. The van der Waals surface area contributed by atoms with Crippen molar-refractivity contribution in [2.75, 3.05) is 32.9 Å². The SMILES string of the molecule is CN(C)CC1(C=C(C#N)C(=O)N2CCC[C@H]2Cn2nc(-c3ccc(Oc4ccccc4)cc3F)c3c(N)ncnc32)CCCC1. The quantitative estimate of drug-likeness (QED) is 0.193. The molecule has 45 heavy (non-hydrogen) atoms. The lowest BCUT2D eigenvalue weighted by molar-refractivity contribution is -0.127. The van der Waals surface area contributed by atoms with Gasteiger partial charge in [-0.2, -0.15) is 10.4 Å². The number of nitrogen functional groups attached to an aromatic ring is 1. The number of fused-ring (bicyclic) bond motifs is 1. The molecule has 1 aliphatic heterocycles. The molecule has 0 unspecified atom stereocenters. The standard InChI is InChI=1S/C34H37FN8O2/c1-41(2)21-34(14-6-7-15-34)18-23(19-36)33(44)42-16-8-9-24(42)20-43-32-29(31(37)38-22-39-32)30(40-43)27-13-12-26(17-28(27)35)45-25-10-4-3-5-11-25/h3-5,10-13,17-18,22,24H,6-9,14-16,20-21H2,1-2H3,(H2,37,38,39)/t24-/m0/s1. The first-order valence-corrected chi connectivity index (χ1v) is 15.4. The van der Waals surface area contributed by atoms with E-state index in [-0.39, 0.29) is 34.3 Å². The van der Waals surface area contributed by atoms with Gasteiger partial charge >= 0.3 is 0 Å². The molecular formula is C34H37FN8O2. The molecule has 2 aromatic carbocycles. The molecule has 0 radical (unpaired) electrons. The normalized spacial score (nSPS) is 18.1. The van der Waals surface area contributed by atoms with Crippen molar-refractivity contribution in [2.24, 2.45) is 5.41 Å². The van der Waals surface area contributed by atoms with Gasteiger partial charge in [0, 0.05) is 30.1 Å². The second-order valence-corrected chi connectivity index (χ2v) is 12.3. The van der Waals surface area contributed by atoms with Gasteiger partial charge in [0.05, 0.1) is 18.0 Å². The highest BCUT2D eigenvalue weighted by Crippen LogP contribution is 2.41. The van der Waals surface area contributed by atoms with Crippen molar-refractivity contribution < 1.29 is 13.9 Å². The number of hydrogen-bond acceptors (Lipinski definition) is 8. The number of aromatic nitrogens is 4. The van der Waals surface area contributed by atoms with Gasteiger partial charge in [0.25, 0.3) is 5.91 Å². The van der Waals surface area contributed by atoms with E-state index >= 15 is 4.39 Å². The summed E-state index contributed by atoms with van der Waals surface area (Å²) in [7, 11) is 4.05. The number of benzene rings is 2. The Hall–Kier alpha value is -4.82. The highest BCUT2D eigenvalue weighted by atomic mass is 19.1. The van der Waals surface area contributed by atoms with E-state index in [4.69, 9.17) is 15.6 Å². The molecule has 6 rings (SSSR count). The van der Waals surface area contributed by atoms with Gasteiger partial charge in [-0.1, -0.05) is 37.1 Å². The summed E-state index contributed by atoms with van der Waals surface area (Å²) in [5.74, 6) is 0.344. The monoisotopic (exact) mass is 608 g/mol. The summed E-state index contributed by atoms with van der Waals surface area (Å²) in [6.45, 7) is 1.66. The van der Waals surface area contributed by atoms with Crippen molar-refractivity contribution in [1.82, 2.24) is 29.5 Å². The van der Waals surface area contributed by atoms with Gasteiger partial charge in [-0.05, 0) is 64.0 Å². The van der Waals surface area contributed by atoms with Crippen LogP contribution in [0.4, 0.5) is 10.2 Å². The summed E-state index contributed by atoms with van der Waals surface area (Å²) < 4.78 is 23.1. The first kappa shape index (κ1) is 30.2. The number of nitrogens with two attached hydrogens (primary N) is 1. The minimum absolute atomic E-state index is 0.174. The van der Waals surface area contributed by atoms with Crippen LogP contribution < -0.4 is 10.5 Å². The Kier molecular flexibility index (Phi) is 8.50. The number of para-hydroxylation sites is 1. The van der Waals surface area contributed by atoms with Crippen LogP contribution in [0.2, 0.25) is 0 Å². The predicted octanol–water partition coefficient (Wildman–Crippen LogP) is 5.57. The molecule has 1 saturated carbocycles. The van der Waals surface area contributed by atoms with Gasteiger partial charge < -0.3 is 20.3 Å². The third kappa shape index (κ3) is 6.24. The van der Waals surface area contributed by atoms with Gasteiger partial charge in [-0.25, -0.2) is 19.0 Å². The molecule has 0 bridgehead atoms. The van der Waals surface area contributed by atoms with Crippen LogP contribution in [0.5, 0.6) is 11.5 Å². The zero-order valence-corrected chi connectivity index (χ0v) is 25.6. The maximum absolute atomic E-state index is 15.6. The van der Waals surface area contributed by atoms with E-state index in [1.54, 1.807) is 33.8 Å². The molecule has 2 aromatic heterocycles. The number of carbonyl (C=O) groups excluding carboxylic acids is 1. The number of rotatable bonds is 9. The molecular weight excluding hydrogens is 571 g/mol. The maximum atomic E-state index is 15.6. The Morgan fingerprint density at radius 3 is 2.64 bits per heavy atom. The van der Waals surface area contributed by atoms with Crippen LogP contribution in [0.3, 0.4) is 0 Å². The second kappa shape index (κ2) is 12.7. The Labute approximate surface area is 261 Å². The number of carbonyl (C=O) groups is 1. The van der Waals surface area contributed by atoms with Crippen molar-refractivity contribution >= 4 is 22.8 Å². The summed E-state index contributed by atoms with van der Waals surface area (Å²) in [4.78, 5) is 26.3. The van der Waals surface area contributed by atoms with E-state index in [1.165, 1.54) is 12.4 Å². The van der Waals surface area contributed by atoms with E-state index < -0.39 is 5.82 Å². The van der Waals surface area contributed by atoms with Crippen LogP contribution in [-0.2, 0) is 11.3 Å². The van der Waals surface area contributed by atoms with E-state index in [1.807, 2.05) is 38.4 Å². The first-order chi connectivity index (χ1) is 21.8. The van der Waals surface area contributed by atoms with Crippen molar-refractivity contribution in [2.45, 2.75) is 51.1 Å². The Morgan fingerprint density at radius 2 is 1.93 bits per heavy atom.